The van der Waals surface area contributed by atoms with E-state index in [-0.39, 0.29) is 24.7 Å². The van der Waals surface area contributed by atoms with Crippen LogP contribution in [0, 0.1) is 23.2 Å². The minimum atomic E-state index is -3.09. The van der Waals surface area contributed by atoms with Gasteiger partial charge in [0, 0.05) is 35.6 Å². The summed E-state index contributed by atoms with van der Waals surface area (Å²) in [6.07, 6.45) is 2.51. The zero-order valence-corrected chi connectivity index (χ0v) is 21.1. The molecule has 3 heterocycles. The van der Waals surface area contributed by atoms with Crippen LogP contribution in [0.25, 0.3) is 0 Å². The highest BCUT2D eigenvalue weighted by Gasteiger charge is 2.64. The molecule has 1 aromatic carbocycles. The van der Waals surface area contributed by atoms with Crippen LogP contribution in [0.3, 0.4) is 0 Å². The van der Waals surface area contributed by atoms with E-state index in [4.69, 9.17) is 11.6 Å². The lowest BCUT2D eigenvalue weighted by Crippen LogP contribution is -2.70. The standard InChI is InChI=1S/C26H30ClF2N5O3/c27-16-4-1-5-17(12-16)33-25(8-9-25)24(37)34-19-6-7-20(26(28,29)13-19)21(34)23(36)32-18(14-30)11-15-3-2-10-31-22(15)35/h1,4-5,12,15,18-21,33H,2-3,6-11,13H2,(H,31,35)(H,32,36)/t15-,18-,19+,20+,21-/m1/s1. The fourth-order valence-corrected chi connectivity index (χ4v) is 6.34. The van der Waals surface area contributed by atoms with Gasteiger partial charge >= 0.3 is 0 Å². The molecule has 6 rings (SSSR count). The van der Waals surface area contributed by atoms with E-state index < -0.39 is 53.8 Å². The number of amides is 3. The third kappa shape index (κ3) is 4.98. The van der Waals surface area contributed by atoms with Crippen molar-refractivity contribution in [3.05, 3.63) is 29.3 Å². The Bertz CT molecular complexity index is 1140. The molecule has 2 saturated carbocycles. The normalized spacial score (nSPS) is 30.0. The largest absolute Gasteiger partial charge is 0.371 e. The Morgan fingerprint density at radius 2 is 2.05 bits per heavy atom. The average Bonchev–Trinajstić information content (AvgIpc) is 3.64. The maximum atomic E-state index is 15.0. The predicted molar refractivity (Wildman–Crippen MR) is 132 cm³/mol. The number of halogens is 3. The Kier molecular flexibility index (Phi) is 6.77. The van der Waals surface area contributed by atoms with Crippen LogP contribution in [-0.4, -0.2) is 58.8 Å². The van der Waals surface area contributed by atoms with E-state index in [0.29, 0.717) is 42.9 Å². The van der Waals surface area contributed by atoms with Crippen LogP contribution in [0.4, 0.5) is 14.5 Å². The number of rotatable bonds is 7. The second-order valence-electron chi connectivity index (χ2n) is 10.7. The molecule has 0 radical (unpaired) electrons. The van der Waals surface area contributed by atoms with Gasteiger partial charge in [0.25, 0.3) is 5.92 Å². The number of carbonyl (C=O) groups excluding carboxylic acids is 3. The van der Waals surface area contributed by atoms with Gasteiger partial charge in [-0.2, -0.15) is 5.26 Å². The van der Waals surface area contributed by atoms with Crippen molar-refractivity contribution in [2.45, 2.75) is 81.0 Å². The fourth-order valence-electron chi connectivity index (χ4n) is 6.15. The summed E-state index contributed by atoms with van der Waals surface area (Å²) in [6.45, 7) is 0.571. The minimum absolute atomic E-state index is 0.0967. The molecule has 2 bridgehead atoms. The van der Waals surface area contributed by atoms with Gasteiger partial charge in [0.1, 0.15) is 17.6 Å². The van der Waals surface area contributed by atoms with E-state index in [2.05, 4.69) is 16.0 Å². The quantitative estimate of drug-likeness (QED) is 0.498. The van der Waals surface area contributed by atoms with Gasteiger partial charge in [-0.25, -0.2) is 8.78 Å². The lowest BCUT2D eigenvalue weighted by atomic mass is 9.71. The molecule has 3 saturated heterocycles. The molecule has 5 fully saturated rings. The lowest BCUT2D eigenvalue weighted by Gasteiger charge is -2.54. The van der Waals surface area contributed by atoms with Crippen molar-refractivity contribution in [2.75, 3.05) is 11.9 Å². The summed E-state index contributed by atoms with van der Waals surface area (Å²) in [5.41, 5.74) is -0.340. The lowest BCUT2D eigenvalue weighted by molar-refractivity contribution is -0.195. The molecule has 1 aromatic rings. The maximum absolute atomic E-state index is 15.0. The molecular weight excluding hydrogens is 504 g/mol. The number of hydrogen-bond donors (Lipinski definition) is 3. The van der Waals surface area contributed by atoms with Gasteiger partial charge in [0.15, 0.2) is 0 Å². The van der Waals surface area contributed by atoms with Crippen molar-refractivity contribution >= 4 is 35.0 Å². The number of benzene rings is 1. The number of nitrogens with zero attached hydrogens (tertiary/aromatic N) is 2. The highest BCUT2D eigenvalue weighted by atomic mass is 35.5. The minimum Gasteiger partial charge on any atom is -0.371 e. The molecule has 0 aromatic heterocycles. The SMILES string of the molecule is N#C[C@@H](C[C@H]1CCCNC1=O)NC(=O)[C@H]1[C@@H]2CC[C@@H](CC2(F)F)N1C(=O)C1(Nc2cccc(Cl)c2)CC1. The van der Waals surface area contributed by atoms with E-state index in [9.17, 15) is 19.6 Å². The Balaban J connectivity index is 1.37. The summed E-state index contributed by atoms with van der Waals surface area (Å²) in [5, 5.41) is 18.7. The molecular formula is C26H30ClF2N5O3. The first-order chi connectivity index (χ1) is 17.6. The topological polar surface area (TPSA) is 114 Å². The van der Waals surface area contributed by atoms with E-state index in [0.717, 1.165) is 6.42 Å². The predicted octanol–water partition coefficient (Wildman–Crippen LogP) is 3.22. The van der Waals surface area contributed by atoms with Crippen molar-refractivity contribution in [2.24, 2.45) is 11.8 Å². The Morgan fingerprint density at radius 1 is 1.27 bits per heavy atom. The second kappa shape index (κ2) is 9.75. The number of anilines is 1. The molecule has 198 valence electrons. The van der Waals surface area contributed by atoms with Crippen LogP contribution in [0.15, 0.2) is 24.3 Å². The summed E-state index contributed by atoms with van der Waals surface area (Å²) < 4.78 is 30.1. The summed E-state index contributed by atoms with van der Waals surface area (Å²) in [4.78, 5) is 40.9. The molecule has 11 heteroatoms. The monoisotopic (exact) mass is 533 g/mol. The summed E-state index contributed by atoms with van der Waals surface area (Å²) in [6, 6.07) is 5.75. The van der Waals surface area contributed by atoms with Crippen molar-refractivity contribution in [3.63, 3.8) is 0 Å². The van der Waals surface area contributed by atoms with Crippen LogP contribution >= 0.6 is 11.6 Å². The first-order valence-electron chi connectivity index (χ1n) is 12.9. The van der Waals surface area contributed by atoms with Crippen LogP contribution < -0.4 is 16.0 Å². The smallest absolute Gasteiger partial charge is 0.255 e. The molecule has 0 spiro atoms. The molecule has 3 N–H and O–H groups in total. The van der Waals surface area contributed by atoms with Gasteiger partial charge in [-0.15, -0.1) is 0 Å². The Hall–Kier alpha value is -2.93. The molecule has 2 aliphatic carbocycles. The first kappa shape index (κ1) is 25.7. The third-order valence-electron chi connectivity index (χ3n) is 8.20. The zero-order chi connectivity index (χ0) is 26.4. The highest BCUT2D eigenvalue weighted by Crippen LogP contribution is 2.52. The average molecular weight is 534 g/mol. The van der Waals surface area contributed by atoms with Gasteiger partial charge in [0.2, 0.25) is 17.7 Å². The van der Waals surface area contributed by atoms with E-state index in [1.807, 2.05) is 6.07 Å². The molecule has 0 unspecified atom stereocenters. The molecule has 5 atom stereocenters. The number of piperidine rings is 3. The zero-order valence-electron chi connectivity index (χ0n) is 20.3. The molecule has 5 aliphatic rings. The van der Waals surface area contributed by atoms with Crippen LogP contribution in [-0.2, 0) is 14.4 Å². The third-order valence-corrected chi connectivity index (χ3v) is 8.43. The highest BCUT2D eigenvalue weighted by molar-refractivity contribution is 6.30. The van der Waals surface area contributed by atoms with Crippen LogP contribution in [0.2, 0.25) is 5.02 Å². The van der Waals surface area contributed by atoms with Gasteiger partial charge in [0.05, 0.1) is 12.0 Å². The van der Waals surface area contributed by atoms with Crippen molar-refractivity contribution in [1.82, 2.24) is 15.5 Å². The van der Waals surface area contributed by atoms with Gasteiger partial charge < -0.3 is 20.9 Å². The number of nitriles is 1. The van der Waals surface area contributed by atoms with E-state index in [1.165, 1.54) is 4.90 Å². The number of alkyl halides is 2. The molecule has 3 amide bonds. The second-order valence-corrected chi connectivity index (χ2v) is 11.2. The van der Waals surface area contributed by atoms with Crippen LogP contribution in [0.1, 0.15) is 51.4 Å². The van der Waals surface area contributed by atoms with Crippen molar-refractivity contribution in [1.29, 1.82) is 5.26 Å². The summed E-state index contributed by atoms with van der Waals surface area (Å²) >= 11 is 6.09. The summed E-state index contributed by atoms with van der Waals surface area (Å²) in [5.74, 6) is -6.17. The van der Waals surface area contributed by atoms with Gasteiger partial charge in [-0.3, -0.25) is 14.4 Å². The van der Waals surface area contributed by atoms with Gasteiger partial charge in [-0.05, 0) is 63.1 Å². The van der Waals surface area contributed by atoms with E-state index >= 15 is 8.78 Å². The number of fused-ring (bicyclic) bond motifs is 3. The number of carbonyl (C=O) groups is 3. The molecule has 37 heavy (non-hydrogen) atoms. The number of hydrogen-bond acceptors (Lipinski definition) is 5. The van der Waals surface area contributed by atoms with Crippen LogP contribution in [0.5, 0.6) is 0 Å². The fraction of sp³-hybridized carbons (Fsp3) is 0.615. The molecule has 8 nitrogen and oxygen atoms in total. The summed E-state index contributed by atoms with van der Waals surface area (Å²) in [7, 11) is 0. The maximum Gasteiger partial charge on any atom is 0.255 e. The number of nitrogens with one attached hydrogen (secondary N) is 3. The molecule has 3 aliphatic heterocycles. The first-order valence-corrected chi connectivity index (χ1v) is 13.2. The van der Waals surface area contributed by atoms with Crippen molar-refractivity contribution in [3.8, 4) is 6.07 Å². The van der Waals surface area contributed by atoms with E-state index in [1.54, 1.807) is 24.3 Å². The Morgan fingerprint density at radius 3 is 2.70 bits per heavy atom. The van der Waals surface area contributed by atoms with Crippen molar-refractivity contribution < 1.29 is 23.2 Å². The van der Waals surface area contributed by atoms with Gasteiger partial charge in [-0.1, -0.05) is 17.7 Å². The Labute approximate surface area is 219 Å².